The van der Waals surface area contributed by atoms with E-state index >= 15 is 0 Å². The molecule has 5 nitrogen and oxygen atoms in total. The molecule has 2 aliphatic rings. The smallest absolute Gasteiger partial charge is 0.411 e. The highest BCUT2D eigenvalue weighted by molar-refractivity contribution is 5.70. The van der Waals surface area contributed by atoms with Gasteiger partial charge in [-0.1, -0.05) is 12.1 Å². The molecule has 1 amide bonds. The van der Waals surface area contributed by atoms with E-state index in [9.17, 15) is 18.0 Å². The second-order valence-electron chi connectivity index (χ2n) is 8.02. The van der Waals surface area contributed by atoms with Gasteiger partial charge in [0.2, 0.25) is 0 Å². The summed E-state index contributed by atoms with van der Waals surface area (Å²) in [6.45, 7) is 5.89. The third kappa shape index (κ3) is 5.06. The Morgan fingerprint density at radius 2 is 1.78 bits per heavy atom. The van der Waals surface area contributed by atoms with Crippen LogP contribution in [0, 0.1) is 0 Å². The Labute approximate surface area is 157 Å². The predicted octanol–water partition coefficient (Wildman–Crippen LogP) is 4.14. The summed E-state index contributed by atoms with van der Waals surface area (Å²) in [7, 11) is 0. The summed E-state index contributed by atoms with van der Waals surface area (Å²) in [6.07, 6.45) is -4.10. The van der Waals surface area contributed by atoms with Crippen molar-refractivity contribution in [3.63, 3.8) is 0 Å². The first-order valence-electron chi connectivity index (χ1n) is 9.05. The number of anilines is 1. The van der Waals surface area contributed by atoms with Crippen molar-refractivity contribution in [1.82, 2.24) is 4.90 Å². The molecule has 1 aromatic rings. The molecule has 0 aliphatic carbocycles. The molecule has 0 bridgehead atoms. The van der Waals surface area contributed by atoms with Crippen molar-refractivity contribution in [3.8, 4) is 0 Å². The maximum atomic E-state index is 12.2. The van der Waals surface area contributed by atoms with E-state index < -0.39 is 18.4 Å². The molecule has 0 radical (unpaired) electrons. The third-order valence-electron chi connectivity index (χ3n) is 4.62. The van der Waals surface area contributed by atoms with Crippen LogP contribution in [0.25, 0.3) is 0 Å². The third-order valence-corrected chi connectivity index (χ3v) is 4.62. The monoisotopic (exact) mass is 386 g/mol. The van der Waals surface area contributed by atoms with Crippen LogP contribution in [0.3, 0.4) is 0 Å². The minimum atomic E-state index is -4.29. The van der Waals surface area contributed by atoms with Crippen LogP contribution in [0.4, 0.5) is 23.7 Å². The number of nitrogens with zero attached hydrogens (tertiary/aromatic N) is 2. The Morgan fingerprint density at radius 3 is 2.26 bits per heavy atom. The highest BCUT2D eigenvalue weighted by Crippen LogP contribution is 2.35. The maximum absolute atomic E-state index is 12.2. The summed E-state index contributed by atoms with van der Waals surface area (Å²) in [5.74, 6) is 0. The van der Waals surface area contributed by atoms with E-state index in [4.69, 9.17) is 9.47 Å². The molecule has 0 saturated carbocycles. The van der Waals surface area contributed by atoms with Gasteiger partial charge in [-0.15, -0.1) is 0 Å². The van der Waals surface area contributed by atoms with E-state index in [1.54, 1.807) is 4.90 Å². The van der Waals surface area contributed by atoms with E-state index in [-0.39, 0.29) is 18.2 Å². The highest BCUT2D eigenvalue weighted by Gasteiger charge is 2.37. The fourth-order valence-corrected chi connectivity index (χ4v) is 3.15. The van der Waals surface area contributed by atoms with Crippen LogP contribution in [-0.4, -0.2) is 55.1 Å². The topological polar surface area (TPSA) is 42.0 Å². The van der Waals surface area contributed by atoms with Crippen LogP contribution in [0.15, 0.2) is 24.3 Å². The van der Waals surface area contributed by atoms with Crippen molar-refractivity contribution in [2.75, 3.05) is 31.1 Å². The number of carbonyl (C=O) groups is 1. The zero-order chi connectivity index (χ0) is 19.8. The fraction of sp³-hybridized carbons (Fsp3) is 0.632. The average Bonchev–Trinajstić information content (AvgIpc) is 2.42. The van der Waals surface area contributed by atoms with Crippen LogP contribution < -0.4 is 4.90 Å². The molecule has 150 valence electrons. The molecule has 0 spiro atoms. The lowest BCUT2D eigenvalue weighted by atomic mass is 9.95. The van der Waals surface area contributed by atoms with Crippen LogP contribution >= 0.6 is 0 Å². The number of rotatable bonds is 4. The minimum absolute atomic E-state index is 0.00755. The molecular formula is C19H25F3N2O3. The van der Waals surface area contributed by atoms with E-state index in [1.165, 1.54) is 0 Å². The molecule has 1 aromatic carbocycles. The first kappa shape index (κ1) is 19.8. The average molecular weight is 386 g/mol. The molecule has 2 fully saturated rings. The largest absolute Gasteiger partial charge is 0.444 e. The van der Waals surface area contributed by atoms with Gasteiger partial charge in [0.25, 0.3) is 0 Å². The normalized spacial score (nSPS) is 20.9. The van der Waals surface area contributed by atoms with E-state index in [1.807, 2.05) is 49.9 Å². The number of hydrogen-bond acceptors (Lipinski definition) is 4. The van der Waals surface area contributed by atoms with Crippen LogP contribution in [0.2, 0.25) is 0 Å². The van der Waals surface area contributed by atoms with Crippen molar-refractivity contribution in [3.05, 3.63) is 29.8 Å². The summed E-state index contributed by atoms with van der Waals surface area (Å²) < 4.78 is 46.7. The van der Waals surface area contributed by atoms with Gasteiger partial charge >= 0.3 is 12.3 Å². The van der Waals surface area contributed by atoms with Gasteiger partial charge in [-0.25, -0.2) is 4.79 Å². The molecule has 1 atom stereocenters. The fourth-order valence-electron chi connectivity index (χ4n) is 3.15. The first-order valence-corrected chi connectivity index (χ1v) is 9.05. The quantitative estimate of drug-likeness (QED) is 0.780. The number of amides is 1. The van der Waals surface area contributed by atoms with Gasteiger partial charge < -0.3 is 19.3 Å². The highest BCUT2D eigenvalue weighted by atomic mass is 19.4. The van der Waals surface area contributed by atoms with Gasteiger partial charge in [0.05, 0.1) is 12.1 Å². The predicted molar refractivity (Wildman–Crippen MR) is 94.7 cm³/mol. The van der Waals surface area contributed by atoms with Crippen LogP contribution in [-0.2, 0) is 9.47 Å². The molecule has 0 N–H and O–H groups in total. The summed E-state index contributed by atoms with van der Waals surface area (Å²) in [6, 6.07) is 7.79. The molecule has 0 aromatic heterocycles. The number of likely N-dealkylation sites (tertiary alicyclic amines) is 1. The Morgan fingerprint density at radius 1 is 1.15 bits per heavy atom. The Kier molecular flexibility index (Phi) is 5.29. The first-order chi connectivity index (χ1) is 12.5. The van der Waals surface area contributed by atoms with Crippen molar-refractivity contribution >= 4 is 11.8 Å². The van der Waals surface area contributed by atoms with Gasteiger partial charge in [0, 0.05) is 25.3 Å². The van der Waals surface area contributed by atoms with E-state index in [0.29, 0.717) is 19.6 Å². The standard InChI is InChI=1S/C19H25F3N2O3/c1-18(2,3)27-17(25)24-9-8-16(24)13-4-6-14(7-5-13)23-10-15(11-23)26-12-19(20,21)22/h4-7,15-16H,8-12H2,1-3H3. The molecule has 2 heterocycles. The van der Waals surface area contributed by atoms with Gasteiger partial charge in [-0.2, -0.15) is 13.2 Å². The summed E-state index contributed by atoms with van der Waals surface area (Å²) in [5, 5.41) is 0. The van der Waals surface area contributed by atoms with Crippen molar-refractivity contribution < 1.29 is 27.4 Å². The van der Waals surface area contributed by atoms with Gasteiger partial charge in [0.15, 0.2) is 0 Å². The molecule has 27 heavy (non-hydrogen) atoms. The van der Waals surface area contributed by atoms with Crippen molar-refractivity contribution in [2.45, 2.75) is 51.1 Å². The van der Waals surface area contributed by atoms with Crippen molar-refractivity contribution in [2.24, 2.45) is 0 Å². The second kappa shape index (κ2) is 7.22. The van der Waals surface area contributed by atoms with Crippen LogP contribution in [0.5, 0.6) is 0 Å². The number of carbonyl (C=O) groups excluding carboxylic acids is 1. The van der Waals surface area contributed by atoms with E-state index in [2.05, 4.69) is 0 Å². The maximum Gasteiger partial charge on any atom is 0.411 e. The lowest BCUT2D eigenvalue weighted by Gasteiger charge is -2.42. The second-order valence-corrected chi connectivity index (χ2v) is 8.02. The summed E-state index contributed by atoms with van der Waals surface area (Å²) in [4.78, 5) is 15.9. The van der Waals surface area contributed by atoms with Crippen LogP contribution in [0.1, 0.15) is 38.8 Å². The Hall–Kier alpha value is -1.96. The summed E-state index contributed by atoms with van der Waals surface area (Å²) in [5.41, 5.74) is 1.44. The number of benzene rings is 1. The summed E-state index contributed by atoms with van der Waals surface area (Å²) >= 11 is 0. The van der Waals surface area contributed by atoms with Gasteiger partial charge in [-0.3, -0.25) is 0 Å². The molecule has 2 saturated heterocycles. The number of ether oxygens (including phenoxy) is 2. The molecule has 2 aliphatic heterocycles. The molecule has 3 rings (SSSR count). The Balaban J connectivity index is 1.51. The van der Waals surface area contributed by atoms with Gasteiger partial charge in [-0.05, 0) is 44.9 Å². The molecule has 1 unspecified atom stereocenters. The van der Waals surface area contributed by atoms with Gasteiger partial charge in [0.1, 0.15) is 12.2 Å². The zero-order valence-corrected chi connectivity index (χ0v) is 15.8. The molecule has 8 heteroatoms. The SMILES string of the molecule is CC(C)(C)OC(=O)N1CCC1c1ccc(N2CC(OCC(F)(F)F)C2)cc1. The Bertz CT molecular complexity index is 664. The number of hydrogen-bond donors (Lipinski definition) is 0. The molecular weight excluding hydrogens is 361 g/mol. The number of alkyl halides is 3. The number of halogens is 3. The lowest BCUT2D eigenvalue weighted by molar-refractivity contribution is -0.187. The zero-order valence-electron chi connectivity index (χ0n) is 15.8. The lowest BCUT2D eigenvalue weighted by Crippen LogP contribution is -2.53. The van der Waals surface area contributed by atoms with E-state index in [0.717, 1.165) is 17.7 Å². The minimum Gasteiger partial charge on any atom is -0.444 e. The van der Waals surface area contributed by atoms with Crippen molar-refractivity contribution in [1.29, 1.82) is 0 Å².